The van der Waals surface area contributed by atoms with Crippen LogP contribution < -0.4 is 0 Å². The van der Waals surface area contributed by atoms with Gasteiger partial charge in [-0.15, -0.1) is 0 Å². The van der Waals surface area contributed by atoms with Crippen molar-refractivity contribution in [2.75, 3.05) is 19.8 Å². The lowest BCUT2D eigenvalue weighted by atomic mass is 9.78. The molecule has 0 amide bonds. The fourth-order valence-electron chi connectivity index (χ4n) is 4.45. The second kappa shape index (κ2) is 8.01. The summed E-state index contributed by atoms with van der Waals surface area (Å²) in [5.41, 5.74) is 2.28. The summed E-state index contributed by atoms with van der Waals surface area (Å²) in [6.07, 6.45) is 10.5. The minimum Gasteiger partial charge on any atom is -0.465 e. The molecule has 0 atom stereocenters. The van der Waals surface area contributed by atoms with E-state index >= 15 is 0 Å². The molecule has 0 unspecified atom stereocenters. The molecule has 0 radical (unpaired) electrons. The smallest absolute Gasteiger partial charge is 0.321 e. The van der Waals surface area contributed by atoms with Crippen LogP contribution in [0.1, 0.15) is 63.3 Å². The van der Waals surface area contributed by atoms with E-state index in [4.69, 9.17) is 14.5 Å². The van der Waals surface area contributed by atoms with Crippen molar-refractivity contribution < 1.29 is 14.3 Å². The molecule has 4 rings (SSSR count). The summed E-state index contributed by atoms with van der Waals surface area (Å²) in [6, 6.07) is 6.08. The Kier molecular flexibility index (Phi) is 5.48. The number of carbonyl (C=O) groups is 1. The average molecular weight is 370 g/mol. The van der Waals surface area contributed by atoms with Gasteiger partial charge in [0.2, 0.25) is 0 Å². The number of fused-ring (bicyclic) bond motifs is 1. The Morgan fingerprint density at radius 3 is 2.63 bits per heavy atom. The summed E-state index contributed by atoms with van der Waals surface area (Å²) in [5, 5.41) is 0. The summed E-state index contributed by atoms with van der Waals surface area (Å²) in [7, 11) is 0. The number of nitrogens with zero attached hydrogens (tertiary/aromatic N) is 1. The topological polar surface area (TPSA) is 64.2 Å². The van der Waals surface area contributed by atoms with Gasteiger partial charge in [-0.2, -0.15) is 0 Å². The molecule has 1 aromatic heterocycles. The molecule has 1 aliphatic carbocycles. The third kappa shape index (κ3) is 3.75. The summed E-state index contributed by atoms with van der Waals surface area (Å²) in [6.45, 7) is 3.00. The molecule has 5 heteroatoms. The molecule has 2 heterocycles. The van der Waals surface area contributed by atoms with Gasteiger partial charge in [-0.3, -0.25) is 4.79 Å². The number of benzene rings is 1. The van der Waals surface area contributed by atoms with Gasteiger partial charge in [-0.1, -0.05) is 51.0 Å². The molecule has 1 saturated carbocycles. The van der Waals surface area contributed by atoms with E-state index in [0.29, 0.717) is 19.8 Å². The van der Waals surface area contributed by atoms with E-state index in [1.807, 2.05) is 19.1 Å². The molecule has 2 fully saturated rings. The maximum absolute atomic E-state index is 12.5. The minimum atomic E-state index is -0.658. The zero-order valence-electron chi connectivity index (χ0n) is 16.3. The van der Waals surface area contributed by atoms with Crippen molar-refractivity contribution in [3.63, 3.8) is 0 Å². The van der Waals surface area contributed by atoms with Crippen LogP contribution in [0, 0.1) is 5.92 Å². The number of aromatic nitrogens is 2. The normalized spacial score (nSPS) is 20.6. The van der Waals surface area contributed by atoms with E-state index in [-0.39, 0.29) is 5.97 Å². The zero-order chi connectivity index (χ0) is 18.7. The number of esters is 1. The third-order valence-corrected chi connectivity index (χ3v) is 6.15. The second-order valence-corrected chi connectivity index (χ2v) is 8.13. The van der Waals surface area contributed by atoms with E-state index < -0.39 is 5.41 Å². The van der Waals surface area contributed by atoms with Crippen LogP contribution >= 0.6 is 0 Å². The Morgan fingerprint density at radius 2 is 1.96 bits per heavy atom. The molecule has 2 aliphatic rings. The summed E-state index contributed by atoms with van der Waals surface area (Å²) in [5.74, 6) is 1.61. The summed E-state index contributed by atoms with van der Waals surface area (Å²) >= 11 is 0. The van der Waals surface area contributed by atoms with Crippen LogP contribution in [0.5, 0.6) is 0 Å². The van der Waals surface area contributed by atoms with Crippen LogP contribution in [0.25, 0.3) is 11.0 Å². The minimum absolute atomic E-state index is 0.190. The van der Waals surface area contributed by atoms with Gasteiger partial charge < -0.3 is 14.5 Å². The predicted molar refractivity (Wildman–Crippen MR) is 105 cm³/mol. The van der Waals surface area contributed by atoms with Crippen LogP contribution in [-0.2, 0) is 26.1 Å². The molecule has 27 heavy (non-hydrogen) atoms. The van der Waals surface area contributed by atoms with Gasteiger partial charge in [0, 0.05) is 6.42 Å². The number of aromatic amines is 1. The first-order chi connectivity index (χ1) is 13.2. The highest BCUT2D eigenvalue weighted by Gasteiger charge is 2.49. The van der Waals surface area contributed by atoms with Gasteiger partial charge in [-0.25, -0.2) is 4.98 Å². The molecule has 0 spiro atoms. The lowest BCUT2D eigenvalue weighted by molar-refractivity contribution is -0.169. The van der Waals surface area contributed by atoms with E-state index in [1.54, 1.807) is 0 Å². The SMILES string of the molecule is CCOC(=O)C1(c2ccc3nc(CC4CCCCCCC4)[nH]c3c2)COC1. The number of rotatable bonds is 5. The number of ether oxygens (including phenoxy) is 2. The number of carbonyl (C=O) groups excluding carboxylic acids is 1. The first kappa shape index (κ1) is 18.5. The van der Waals surface area contributed by atoms with Gasteiger partial charge in [0.15, 0.2) is 0 Å². The van der Waals surface area contributed by atoms with Crippen LogP contribution in [-0.4, -0.2) is 35.8 Å². The van der Waals surface area contributed by atoms with E-state index in [0.717, 1.165) is 34.8 Å². The van der Waals surface area contributed by atoms with Crippen molar-refractivity contribution >= 4 is 17.0 Å². The number of nitrogens with one attached hydrogen (secondary N) is 1. The van der Waals surface area contributed by atoms with Crippen LogP contribution in [0.15, 0.2) is 18.2 Å². The van der Waals surface area contributed by atoms with E-state index in [2.05, 4.69) is 11.1 Å². The van der Waals surface area contributed by atoms with E-state index in [9.17, 15) is 4.79 Å². The predicted octanol–water partition coefficient (Wildman–Crippen LogP) is 4.30. The molecule has 146 valence electrons. The van der Waals surface area contributed by atoms with Crippen molar-refractivity contribution in [3.05, 3.63) is 29.6 Å². The Labute approximate surface area is 160 Å². The fraction of sp³-hybridized carbons (Fsp3) is 0.636. The van der Waals surface area contributed by atoms with Crippen LogP contribution in [0.4, 0.5) is 0 Å². The molecule has 0 bridgehead atoms. The van der Waals surface area contributed by atoms with Crippen molar-refractivity contribution in [3.8, 4) is 0 Å². The molecular weight excluding hydrogens is 340 g/mol. The van der Waals surface area contributed by atoms with Crippen molar-refractivity contribution in [1.29, 1.82) is 0 Å². The number of hydrogen-bond donors (Lipinski definition) is 1. The third-order valence-electron chi connectivity index (χ3n) is 6.15. The first-order valence-corrected chi connectivity index (χ1v) is 10.5. The standard InChI is InChI=1S/C22H30N2O3/c1-2-27-21(25)22(14-26-15-22)17-10-11-18-19(13-17)24-20(23-18)12-16-8-6-4-3-5-7-9-16/h10-11,13,16H,2-9,12,14-15H2,1H3,(H,23,24). The van der Waals surface area contributed by atoms with Gasteiger partial charge in [0.25, 0.3) is 0 Å². The van der Waals surface area contributed by atoms with Gasteiger partial charge in [0.1, 0.15) is 11.2 Å². The van der Waals surface area contributed by atoms with Crippen LogP contribution in [0.2, 0.25) is 0 Å². The summed E-state index contributed by atoms with van der Waals surface area (Å²) < 4.78 is 10.7. The molecular formula is C22H30N2O3. The lowest BCUT2D eigenvalue weighted by Gasteiger charge is -2.39. The maximum atomic E-state index is 12.5. The second-order valence-electron chi connectivity index (χ2n) is 8.13. The first-order valence-electron chi connectivity index (χ1n) is 10.5. The monoisotopic (exact) mass is 370 g/mol. The van der Waals surface area contributed by atoms with Crippen molar-refractivity contribution in [2.24, 2.45) is 5.92 Å². The van der Waals surface area contributed by atoms with Gasteiger partial charge >= 0.3 is 5.97 Å². The quantitative estimate of drug-likeness (QED) is 0.797. The highest BCUT2D eigenvalue weighted by Crippen LogP contribution is 2.35. The maximum Gasteiger partial charge on any atom is 0.321 e. The Morgan fingerprint density at radius 1 is 1.22 bits per heavy atom. The molecule has 1 N–H and O–H groups in total. The number of hydrogen-bond acceptors (Lipinski definition) is 4. The van der Waals surface area contributed by atoms with E-state index in [1.165, 1.54) is 44.9 Å². The zero-order valence-corrected chi connectivity index (χ0v) is 16.3. The Bertz CT molecular complexity index is 786. The van der Waals surface area contributed by atoms with Crippen molar-refractivity contribution in [2.45, 2.75) is 63.7 Å². The van der Waals surface area contributed by atoms with Crippen LogP contribution in [0.3, 0.4) is 0 Å². The number of H-pyrrole nitrogens is 1. The van der Waals surface area contributed by atoms with Gasteiger partial charge in [0.05, 0.1) is 30.9 Å². The molecule has 1 aliphatic heterocycles. The fourth-order valence-corrected chi connectivity index (χ4v) is 4.45. The molecule has 1 saturated heterocycles. The molecule has 1 aromatic carbocycles. The molecule has 2 aromatic rings. The highest BCUT2D eigenvalue weighted by molar-refractivity contribution is 5.87. The average Bonchev–Trinajstić information content (AvgIpc) is 2.98. The van der Waals surface area contributed by atoms with Gasteiger partial charge in [-0.05, 0) is 30.5 Å². The molecule has 5 nitrogen and oxygen atoms in total. The largest absolute Gasteiger partial charge is 0.465 e. The Hall–Kier alpha value is -1.88. The number of imidazole rings is 1. The summed E-state index contributed by atoms with van der Waals surface area (Å²) in [4.78, 5) is 20.8. The van der Waals surface area contributed by atoms with Crippen molar-refractivity contribution in [1.82, 2.24) is 9.97 Å². The lowest BCUT2D eigenvalue weighted by Crippen LogP contribution is -2.53. The highest BCUT2D eigenvalue weighted by atomic mass is 16.6. The Balaban J connectivity index is 1.54.